The first kappa shape index (κ1) is 25.2. The third-order valence-corrected chi connectivity index (χ3v) is 4.40. The zero-order chi connectivity index (χ0) is 20.4. The Morgan fingerprint density at radius 1 is 1.21 bits per heavy atom. The van der Waals surface area contributed by atoms with Gasteiger partial charge in [0.2, 0.25) is 5.91 Å². The number of hydrogen-bond donors (Lipinski definition) is 3. The van der Waals surface area contributed by atoms with Crippen LogP contribution in [0.2, 0.25) is 0 Å². The van der Waals surface area contributed by atoms with E-state index in [0.29, 0.717) is 31.1 Å². The van der Waals surface area contributed by atoms with Crippen LogP contribution >= 0.6 is 24.0 Å². The molecule has 0 saturated heterocycles. The maximum atomic E-state index is 12.1. The zero-order valence-electron chi connectivity index (χ0n) is 17.7. The molecule has 1 saturated carbocycles. The van der Waals surface area contributed by atoms with E-state index in [4.69, 9.17) is 0 Å². The number of hydrogen-bond acceptors (Lipinski definition) is 3. The van der Waals surface area contributed by atoms with E-state index in [2.05, 4.69) is 20.9 Å². The highest BCUT2D eigenvalue weighted by atomic mass is 127. The third kappa shape index (κ3) is 9.96. The van der Waals surface area contributed by atoms with Gasteiger partial charge in [-0.3, -0.25) is 14.6 Å². The Morgan fingerprint density at radius 3 is 2.62 bits per heavy atom. The number of carbonyl (C=O) groups is 2. The largest absolute Gasteiger partial charge is 0.357 e. The first-order valence-electron chi connectivity index (χ1n) is 10.1. The number of benzene rings is 1. The molecule has 2 rings (SSSR count). The second kappa shape index (κ2) is 13.4. The monoisotopic (exact) mass is 515 g/mol. The van der Waals surface area contributed by atoms with E-state index in [1.807, 2.05) is 31.2 Å². The minimum Gasteiger partial charge on any atom is -0.357 e. The summed E-state index contributed by atoms with van der Waals surface area (Å²) in [6.07, 6.45) is 4.29. The van der Waals surface area contributed by atoms with Crippen molar-refractivity contribution >= 4 is 41.8 Å². The molecular formula is C21H34IN5O2. The van der Waals surface area contributed by atoms with Gasteiger partial charge in [-0.2, -0.15) is 0 Å². The Kier molecular flexibility index (Phi) is 11.6. The summed E-state index contributed by atoms with van der Waals surface area (Å²) >= 11 is 0. The number of carbonyl (C=O) groups excluding carboxylic acids is 2. The van der Waals surface area contributed by atoms with Gasteiger partial charge < -0.3 is 20.9 Å². The van der Waals surface area contributed by atoms with Crippen molar-refractivity contribution in [1.29, 1.82) is 0 Å². The Labute approximate surface area is 191 Å². The smallest absolute Gasteiger partial charge is 0.253 e. The van der Waals surface area contributed by atoms with Crippen LogP contribution in [0, 0.1) is 0 Å². The van der Waals surface area contributed by atoms with Gasteiger partial charge in [-0.1, -0.05) is 12.1 Å². The summed E-state index contributed by atoms with van der Waals surface area (Å²) in [4.78, 5) is 29.9. The third-order valence-electron chi connectivity index (χ3n) is 4.40. The predicted molar refractivity (Wildman–Crippen MR) is 128 cm³/mol. The van der Waals surface area contributed by atoms with Crippen LogP contribution in [0.3, 0.4) is 0 Å². The lowest BCUT2D eigenvalue weighted by molar-refractivity contribution is -0.121. The van der Waals surface area contributed by atoms with Crippen LogP contribution in [-0.2, 0) is 11.2 Å². The molecule has 29 heavy (non-hydrogen) atoms. The van der Waals surface area contributed by atoms with Crippen molar-refractivity contribution in [3.8, 4) is 0 Å². The van der Waals surface area contributed by atoms with Crippen LogP contribution in [0.1, 0.15) is 48.5 Å². The van der Waals surface area contributed by atoms with Crippen molar-refractivity contribution in [2.24, 2.45) is 4.99 Å². The van der Waals surface area contributed by atoms with E-state index >= 15 is 0 Å². The molecule has 0 radical (unpaired) electrons. The van der Waals surface area contributed by atoms with Gasteiger partial charge in [0.1, 0.15) is 0 Å². The molecule has 0 aliphatic heterocycles. The minimum absolute atomic E-state index is 0. The molecule has 162 valence electrons. The Bertz CT molecular complexity index is 689. The summed E-state index contributed by atoms with van der Waals surface area (Å²) < 4.78 is 0. The van der Waals surface area contributed by atoms with E-state index < -0.39 is 0 Å². The lowest BCUT2D eigenvalue weighted by Crippen LogP contribution is -2.38. The van der Waals surface area contributed by atoms with E-state index in [0.717, 1.165) is 43.8 Å². The Balaban J connectivity index is 0.00000420. The van der Waals surface area contributed by atoms with Crippen molar-refractivity contribution in [3.05, 3.63) is 35.4 Å². The van der Waals surface area contributed by atoms with Gasteiger partial charge in [0.05, 0.1) is 0 Å². The molecule has 1 fully saturated rings. The SMILES string of the molecule is CCNC(=NCCCC(=O)NC1CC1)NCCc1cccc(C(=O)N(C)C)c1.I. The zero-order valence-corrected chi connectivity index (χ0v) is 20.0. The molecule has 1 aromatic carbocycles. The van der Waals surface area contributed by atoms with E-state index in [1.165, 1.54) is 0 Å². The second-order valence-electron chi connectivity index (χ2n) is 7.28. The molecule has 0 bridgehead atoms. The molecule has 0 aromatic heterocycles. The van der Waals surface area contributed by atoms with Crippen LogP contribution in [0.15, 0.2) is 29.3 Å². The first-order chi connectivity index (χ1) is 13.5. The van der Waals surface area contributed by atoms with Gasteiger partial charge in [0.15, 0.2) is 5.96 Å². The van der Waals surface area contributed by atoms with Crippen LogP contribution in [0.4, 0.5) is 0 Å². The molecule has 0 spiro atoms. The van der Waals surface area contributed by atoms with Crippen molar-refractivity contribution in [3.63, 3.8) is 0 Å². The Hall–Kier alpha value is -1.84. The summed E-state index contributed by atoms with van der Waals surface area (Å²) in [7, 11) is 3.51. The van der Waals surface area contributed by atoms with Gasteiger partial charge in [0, 0.05) is 51.8 Å². The molecule has 3 N–H and O–H groups in total. The number of aliphatic imine (C=N–C) groups is 1. The quantitative estimate of drug-likeness (QED) is 0.193. The number of nitrogens with one attached hydrogen (secondary N) is 3. The molecule has 0 unspecified atom stereocenters. The normalized spacial score (nSPS) is 13.3. The number of amides is 2. The number of nitrogens with zero attached hydrogens (tertiary/aromatic N) is 2. The fraction of sp³-hybridized carbons (Fsp3) is 0.571. The van der Waals surface area contributed by atoms with Gasteiger partial charge in [-0.25, -0.2) is 0 Å². The summed E-state index contributed by atoms with van der Waals surface area (Å²) in [5.74, 6) is 0.892. The average molecular weight is 515 g/mol. The molecule has 7 nitrogen and oxygen atoms in total. The van der Waals surface area contributed by atoms with E-state index in [9.17, 15) is 9.59 Å². The highest BCUT2D eigenvalue weighted by Gasteiger charge is 2.22. The molecule has 0 heterocycles. The molecule has 1 aromatic rings. The van der Waals surface area contributed by atoms with Crippen molar-refractivity contribution in [1.82, 2.24) is 20.9 Å². The van der Waals surface area contributed by atoms with Gasteiger partial charge in [-0.05, 0) is 50.3 Å². The molecular weight excluding hydrogens is 481 g/mol. The fourth-order valence-corrected chi connectivity index (χ4v) is 2.74. The minimum atomic E-state index is 0. The van der Waals surface area contributed by atoms with Crippen LogP contribution in [0.25, 0.3) is 0 Å². The van der Waals surface area contributed by atoms with Crippen LogP contribution in [-0.4, -0.2) is 62.4 Å². The maximum absolute atomic E-state index is 12.1. The lowest BCUT2D eigenvalue weighted by atomic mass is 10.1. The van der Waals surface area contributed by atoms with Crippen molar-refractivity contribution < 1.29 is 9.59 Å². The van der Waals surface area contributed by atoms with Gasteiger partial charge in [-0.15, -0.1) is 24.0 Å². The predicted octanol–water partition coefficient (Wildman–Crippen LogP) is 2.16. The van der Waals surface area contributed by atoms with Gasteiger partial charge >= 0.3 is 0 Å². The van der Waals surface area contributed by atoms with Crippen molar-refractivity contribution in [2.45, 2.75) is 45.1 Å². The molecule has 0 atom stereocenters. The highest BCUT2D eigenvalue weighted by molar-refractivity contribution is 14.0. The number of guanidine groups is 1. The Morgan fingerprint density at radius 2 is 1.97 bits per heavy atom. The van der Waals surface area contributed by atoms with Crippen LogP contribution < -0.4 is 16.0 Å². The summed E-state index contributed by atoms with van der Waals surface area (Å²) in [5.41, 5.74) is 1.81. The summed E-state index contributed by atoms with van der Waals surface area (Å²) in [5, 5.41) is 9.53. The molecule has 1 aliphatic rings. The average Bonchev–Trinajstić information content (AvgIpc) is 3.48. The van der Waals surface area contributed by atoms with Gasteiger partial charge in [0.25, 0.3) is 5.91 Å². The standard InChI is InChI=1S/C21H33N5O2.HI/c1-4-22-21(23-13-6-9-19(27)25-18-10-11-18)24-14-12-16-7-5-8-17(15-16)20(28)26(2)3;/h5,7-8,15,18H,4,6,9-14H2,1-3H3,(H,25,27)(H2,22,23,24);1H. The summed E-state index contributed by atoms with van der Waals surface area (Å²) in [6.45, 7) is 4.13. The maximum Gasteiger partial charge on any atom is 0.253 e. The fourth-order valence-electron chi connectivity index (χ4n) is 2.74. The van der Waals surface area contributed by atoms with Crippen molar-refractivity contribution in [2.75, 3.05) is 33.7 Å². The molecule has 2 amide bonds. The van der Waals surface area contributed by atoms with E-state index in [1.54, 1.807) is 19.0 Å². The van der Waals surface area contributed by atoms with E-state index in [-0.39, 0.29) is 35.8 Å². The summed E-state index contributed by atoms with van der Waals surface area (Å²) in [6, 6.07) is 8.13. The highest BCUT2D eigenvalue weighted by Crippen LogP contribution is 2.18. The lowest BCUT2D eigenvalue weighted by Gasteiger charge is -2.13. The first-order valence-corrected chi connectivity index (χ1v) is 10.1. The number of rotatable bonds is 10. The topological polar surface area (TPSA) is 85.8 Å². The molecule has 8 heteroatoms. The second-order valence-corrected chi connectivity index (χ2v) is 7.28. The molecule has 1 aliphatic carbocycles. The number of halogens is 1. The van der Waals surface area contributed by atoms with Crippen LogP contribution in [0.5, 0.6) is 0 Å².